The molecule has 102 valence electrons. The van der Waals surface area contributed by atoms with E-state index in [1.807, 2.05) is 0 Å². The number of aryl methyl sites for hydroxylation is 1. The van der Waals surface area contributed by atoms with E-state index in [0.717, 1.165) is 5.56 Å². The highest BCUT2D eigenvalue weighted by molar-refractivity contribution is 6.33. The van der Waals surface area contributed by atoms with E-state index in [4.69, 9.17) is 33.8 Å². The zero-order valence-corrected chi connectivity index (χ0v) is 12.0. The van der Waals surface area contributed by atoms with Crippen molar-refractivity contribution in [3.63, 3.8) is 0 Å². The molecule has 1 aromatic heterocycles. The Morgan fingerprint density at radius 3 is 2.68 bits per heavy atom. The van der Waals surface area contributed by atoms with Gasteiger partial charge in [-0.3, -0.25) is 5.84 Å². The van der Waals surface area contributed by atoms with Crippen molar-refractivity contribution in [2.24, 2.45) is 12.9 Å². The Kier molecular flexibility index (Phi) is 4.31. The third-order valence-corrected chi connectivity index (χ3v) is 3.38. The van der Waals surface area contributed by atoms with E-state index in [2.05, 4.69) is 10.5 Å². The molecule has 2 aromatic rings. The summed E-state index contributed by atoms with van der Waals surface area (Å²) in [6, 6.07) is 6.64. The predicted molar refractivity (Wildman–Crippen MR) is 75.4 cm³/mol. The molecule has 0 bridgehead atoms. The van der Waals surface area contributed by atoms with Crippen molar-refractivity contribution in [3.05, 3.63) is 45.6 Å². The van der Waals surface area contributed by atoms with E-state index >= 15 is 0 Å². The summed E-state index contributed by atoms with van der Waals surface area (Å²) in [5.74, 6) is 6.25. The van der Waals surface area contributed by atoms with Crippen LogP contribution in [0.3, 0.4) is 0 Å². The minimum absolute atomic E-state index is 0.360. The lowest BCUT2D eigenvalue weighted by Gasteiger charge is -2.15. The molecule has 1 atom stereocenters. The van der Waals surface area contributed by atoms with Gasteiger partial charge in [-0.1, -0.05) is 23.2 Å². The number of nitrogens with two attached hydrogens (primary N) is 1. The third kappa shape index (κ3) is 2.84. The van der Waals surface area contributed by atoms with Crippen LogP contribution >= 0.6 is 23.2 Å². The zero-order chi connectivity index (χ0) is 14.0. The quantitative estimate of drug-likeness (QED) is 0.672. The van der Waals surface area contributed by atoms with Gasteiger partial charge in [0.1, 0.15) is 0 Å². The lowest BCUT2D eigenvalue weighted by atomic mass is 10.0. The number of halogens is 2. The average molecular weight is 301 g/mol. The number of hydrogen-bond donors (Lipinski definition) is 2. The second-order valence-electron chi connectivity index (χ2n) is 4.00. The summed E-state index contributed by atoms with van der Waals surface area (Å²) in [6.07, 6.45) is 0. The molecule has 0 saturated carbocycles. The Bertz CT molecular complexity index is 585. The van der Waals surface area contributed by atoms with E-state index < -0.39 is 0 Å². The predicted octanol–water partition coefficient (Wildman–Crippen LogP) is 2.29. The number of rotatable bonds is 4. The number of nitrogens with one attached hydrogen (secondary N) is 1. The summed E-state index contributed by atoms with van der Waals surface area (Å²) < 4.78 is 6.81. The minimum atomic E-state index is -0.360. The Labute approximate surface area is 121 Å². The van der Waals surface area contributed by atoms with Crippen molar-refractivity contribution in [1.29, 1.82) is 0 Å². The van der Waals surface area contributed by atoms with E-state index in [1.54, 1.807) is 43.1 Å². The third-order valence-electron chi connectivity index (χ3n) is 2.80. The van der Waals surface area contributed by atoms with Crippen LogP contribution in [0.25, 0.3) is 0 Å². The molecule has 1 heterocycles. The summed E-state index contributed by atoms with van der Waals surface area (Å²) >= 11 is 12.2. The monoisotopic (exact) mass is 300 g/mol. The van der Waals surface area contributed by atoms with Crippen LogP contribution in [-0.4, -0.2) is 16.9 Å². The standard InChI is InChI=1S/C12H14Cl2N4O/c1-18-11(19-2)6-10(17-18)12(16-15)8-5-7(13)3-4-9(8)14/h3-6,12,16H,15H2,1-2H3. The van der Waals surface area contributed by atoms with E-state index in [1.165, 1.54) is 0 Å². The molecule has 2 rings (SSSR count). The first-order valence-electron chi connectivity index (χ1n) is 5.55. The van der Waals surface area contributed by atoms with Gasteiger partial charge in [0.25, 0.3) is 0 Å². The molecule has 1 aromatic carbocycles. The molecule has 0 fully saturated rings. The molecule has 7 heteroatoms. The molecule has 19 heavy (non-hydrogen) atoms. The first-order valence-corrected chi connectivity index (χ1v) is 6.31. The van der Waals surface area contributed by atoms with Crippen molar-refractivity contribution < 1.29 is 4.74 Å². The molecule has 0 radical (unpaired) electrons. The molecule has 0 spiro atoms. The number of hydrazine groups is 1. The van der Waals surface area contributed by atoms with Crippen LogP contribution in [0.5, 0.6) is 5.88 Å². The molecule has 0 amide bonds. The van der Waals surface area contributed by atoms with Gasteiger partial charge in [-0.25, -0.2) is 10.1 Å². The molecule has 0 aliphatic heterocycles. The van der Waals surface area contributed by atoms with Crippen molar-refractivity contribution >= 4 is 23.2 Å². The highest BCUT2D eigenvalue weighted by Gasteiger charge is 2.20. The highest BCUT2D eigenvalue weighted by Crippen LogP contribution is 2.30. The van der Waals surface area contributed by atoms with Crippen molar-refractivity contribution in [3.8, 4) is 5.88 Å². The first kappa shape index (κ1) is 14.1. The molecule has 1 unspecified atom stereocenters. The fourth-order valence-electron chi connectivity index (χ4n) is 1.87. The number of ether oxygens (including phenoxy) is 1. The molecule has 0 saturated heterocycles. The summed E-state index contributed by atoms with van der Waals surface area (Å²) in [5.41, 5.74) is 4.15. The Morgan fingerprint density at radius 1 is 1.37 bits per heavy atom. The van der Waals surface area contributed by atoms with Crippen molar-refractivity contribution in [1.82, 2.24) is 15.2 Å². The van der Waals surface area contributed by atoms with Gasteiger partial charge in [-0.15, -0.1) is 0 Å². The van der Waals surface area contributed by atoms with E-state index in [9.17, 15) is 0 Å². The second-order valence-corrected chi connectivity index (χ2v) is 4.84. The maximum atomic E-state index is 6.18. The van der Waals surface area contributed by atoms with Crippen LogP contribution in [0.4, 0.5) is 0 Å². The molecule has 0 aliphatic carbocycles. The smallest absolute Gasteiger partial charge is 0.211 e. The topological polar surface area (TPSA) is 65.1 Å². The Morgan fingerprint density at radius 2 is 2.11 bits per heavy atom. The van der Waals surface area contributed by atoms with Gasteiger partial charge in [-0.2, -0.15) is 5.10 Å². The van der Waals surface area contributed by atoms with Crippen LogP contribution in [0.1, 0.15) is 17.3 Å². The van der Waals surface area contributed by atoms with E-state index in [0.29, 0.717) is 21.6 Å². The summed E-state index contributed by atoms with van der Waals surface area (Å²) in [7, 11) is 3.37. The number of nitrogens with zero attached hydrogens (tertiary/aromatic N) is 2. The fourth-order valence-corrected chi connectivity index (χ4v) is 2.28. The van der Waals surface area contributed by atoms with Crippen LogP contribution in [0.2, 0.25) is 10.0 Å². The van der Waals surface area contributed by atoms with E-state index in [-0.39, 0.29) is 6.04 Å². The minimum Gasteiger partial charge on any atom is -0.481 e. The first-order chi connectivity index (χ1) is 9.06. The van der Waals surface area contributed by atoms with Gasteiger partial charge in [0.15, 0.2) is 0 Å². The van der Waals surface area contributed by atoms with Gasteiger partial charge in [0.05, 0.1) is 18.8 Å². The zero-order valence-electron chi connectivity index (χ0n) is 10.5. The second kappa shape index (κ2) is 5.79. The Balaban J connectivity index is 2.46. The lowest BCUT2D eigenvalue weighted by molar-refractivity contribution is 0.373. The highest BCUT2D eigenvalue weighted by atomic mass is 35.5. The van der Waals surface area contributed by atoms with Crippen molar-refractivity contribution in [2.45, 2.75) is 6.04 Å². The fraction of sp³-hybridized carbons (Fsp3) is 0.250. The SMILES string of the molecule is COc1cc(C(NN)c2cc(Cl)ccc2Cl)nn1C. The van der Waals surface area contributed by atoms with Gasteiger partial charge in [0, 0.05) is 23.2 Å². The Hall–Kier alpha value is -1.27. The van der Waals surface area contributed by atoms with Crippen LogP contribution in [0, 0.1) is 0 Å². The maximum Gasteiger partial charge on any atom is 0.211 e. The summed E-state index contributed by atoms with van der Waals surface area (Å²) in [5, 5.41) is 5.50. The van der Waals surface area contributed by atoms with Gasteiger partial charge < -0.3 is 4.74 Å². The molecular formula is C12H14Cl2N4O. The largest absolute Gasteiger partial charge is 0.481 e. The molecular weight excluding hydrogens is 287 g/mol. The maximum absolute atomic E-state index is 6.18. The van der Waals surface area contributed by atoms with Gasteiger partial charge >= 0.3 is 0 Å². The normalized spacial score (nSPS) is 12.5. The van der Waals surface area contributed by atoms with Gasteiger partial charge in [0.2, 0.25) is 5.88 Å². The van der Waals surface area contributed by atoms with Crippen LogP contribution in [0.15, 0.2) is 24.3 Å². The number of aromatic nitrogens is 2. The van der Waals surface area contributed by atoms with Gasteiger partial charge in [-0.05, 0) is 23.8 Å². The molecule has 0 aliphatic rings. The average Bonchev–Trinajstić information content (AvgIpc) is 2.75. The lowest BCUT2D eigenvalue weighted by Crippen LogP contribution is -2.29. The van der Waals surface area contributed by atoms with Crippen molar-refractivity contribution in [2.75, 3.05) is 7.11 Å². The molecule has 3 N–H and O–H groups in total. The number of methoxy groups -OCH3 is 1. The van der Waals surface area contributed by atoms with Crippen LogP contribution < -0.4 is 16.0 Å². The number of hydrogen-bond acceptors (Lipinski definition) is 4. The number of benzene rings is 1. The summed E-state index contributed by atoms with van der Waals surface area (Å²) in [6.45, 7) is 0. The molecule has 5 nitrogen and oxygen atoms in total. The summed E-state index contributed by atoms with van der Waals surface area (Å²) in [4.78, 5) is 0. The van der Waals surface area contributed by atoms with Crippen LogP contribution in [-0.2, 0) is 7.05 Å².